The molecule has 29 heavy (non-hydrogen) atoms. The Kier molecular flexibility index (Phi) is 10.5. The van der Waals surface area contributed by atoms with E-state index in [-0.39, 0.29) is 29.9 Å². The van der Waals surface area contributed by atoms with E-state index in [1.807, 2.05) is 23.1 Å². The fourth-order valence-electron chi connectivity index (χ4n) is 3.42. The third-order valence-corrected chi connectivity index (χ3v) is 5.68. The Morgan fingerprint density at radius 1 is 1.17 bits per heavy atom. The number of hydrogen-bond donors (Lipinski definition) is 2. The van der Waals surface area contributed by atoms with Crippen molar-refractivity contribution in [2.24, 2.45) is 10.9 Å². The topological polar surface area (TPSA) is 56.7 Å². The molecule has 0 saturated carbocycles. The van der Waals surface area contributed by atoms with Crippen LogP contribution in [0.25, 0.3) is 0 Å². The number of halogens is 1. The third kappa shape index (κ3) is 7.97. The van der Waals surface area contributed by atoms with Crippen LogP contribution < -0.4 is 10.6 Å². The summed E-state index contributed by atoms with van der Waals surface area (Å²) in [6.45, 7) is 6.04. The van der Waals surface area contributed by atoms with E-state index in [0.29, 0.717) is 18.9 Å². The number of amides is 1. The van der Waals surface area contributed by atoms with Crippen molar-refractivity contribution in [1.82, 2.24) is 15.5 Å². The highest BCUT2D eigenvalue weighted by molar-refractivity contribution is 14.0. The van der Waals surface area contributed by atoms with Gasteiger partial charge >= 0.3 is 0 Å². The number of aliphatic imine (C=N–C) groups is 1. The second-order valence-electron chi connectivity index (χ2n) is 7.17. The second kappa shape index (κ2) is 12.8. The van der Waals surface area contributed by atoms with Crippen LogP contribution in [0.2, 0.25) is 0 Å². The maximum absolute atomic E-state index is 12.3. The Hall–Kier alpha value is -1.61. The number of guanidine groups is 1. The molecule has 1 unspecified atom stereocenters. The number of hydrogen-bond acceptors (Lipinski definition) is 3. The van der Waals surface area contributed by atoms with Gasteiger partial charge in [0, 0.05) is 45.1 Å². The maximum atomic E-state index is 12.3. The largest absolute Gasteiger partial charge is 0.357 e. The van der Waals surface area contributed by atoms with Gasteiger partial charge in [-0.15, -0.1) is 24.0 Å². The minimum Gasteiger partial charge on any atom is -0.357 e. The summed E-state index contributed by atoms with van der Waals surface area (Å²) in [5.74, 6) is 1.40. The van der Waals surface area contributed by atoms with E-state index in [1.54, 1.807) is 11.3 Å². The van der Waals surface area contributed by atoms with Gasteiger partial charge in [-0.3, -0.25) is 9.79 Å². The molecule has 1 amide bonds. The van der Waals surface area contributed by atoms with E-state index < -0.39 is 0 Å². The minimum atomic E-state index is 0. The molecule has 2 heterocycles. The molecular formula is C22H31IN4OS. The third-order valence-electron chi connectivity index (χ3n) is 4.95. The number of carbonyl (C=O) groups is 1. The molecule has 1 fully saturated rings. The fourth-order valence-corrected chi connectivity index (χ4v) is 4.13. The molecule has 1 atom stereocenters. The molecule has 1 aromatic carbocycles. The van der Waals surface area contributed by atoms with Crippen molar-refractivity contribution >= 4 is 47.2 Å². The van der Waals surface area contributed by atoms with Crippen LogP contribution in [0.4, 0.5) is 0 Å². The van der Waals surface area contributed by atoms with Gasteiger partial charge in [-0.05, 0) is 47.7 Å². The number of thiophene rings is 1. The smallest absolute Gasteiger partial charge is 0.223 e. The Bertz CT molecular complexity index is 751. The maximum Gasteiger partial charge on any atom is 0.223 e. The minimum absolute atomic E-state index is 0. The monoisotopic (exact) mass is 526 g/mol. The lowest BCUT2D eigenvalue weighted by molar-refractivity contribution is -0.127. The SMILES string of the molecule is CCNC(=NCC1CC(=O)N(CCc2ccccc2)C1)NCCc1ccsc1.I. The van der Waals surface area contributed by atoms with Crippen molar-refractivity contribution < 1.29 is 4.79 Å². The normalized spacial score (nSPS) is 16.6. The van der Waals surface area contributed by atoms with Gasteiger partial charge in [0.1, 0.15) is 0 Å². The standard InChI is InChI=1S/C22H30N4OS.HI/c1-2-23-22(24-11-8-19-10-13-28-17-19)25-15-20-14-21(27)26(16-20)12-9-18-6-4-3-5-7-18;/h3-7,10,13,17,20H,2,8-9,11-12,14-16H2,1H3,(H2,23,24,25);1H. The van der Waals surface area contributed by atoms with Crippen LogP contribution in [0.3, 0.4) is 0 Å². The molecule has 0 radical (unpaired) electrons. The number of nitrogens with one attached hydrogen (secondary N) is 2. The van der Waals surface area contributed by atoms with Crippen molar-refractivity contribution in [1.29, 1.82) is 0 Å². The zero-order valence-electron chi connectivity index (χ0n) is 17.0. The predicted molar refractivity (Wildman–Crippen MR) is 132 cm³/mol. The lowest BCUT2D eigenvalue weighted by atomic mass is 10.1. The van der Waals surface area contributed by atoms with Gasteiger partial charge < -0.3 is 15.5 Å². The molecule has 1 aliphatic heterocycles. The van der Waals surface area contributed by atoms with E-state index in [2.05, 4.69) is 46.5 Å². The van der Waals surface area contributed by atoms with Gasteiger partial charge in [0.15, 0.2) is 5.96 Å². The van der Waals surface area contributed by atoms with E-state index in [1.165, 1.54) is 11.1 Å². The summed E-state index contributed by atoms with van der Waals surface area (Å²) >= 11 is 1.73. The average molecular weight is 526 g/mol. The highest BCUT2D eigenvalue weighted by Gasteiger charge is 2.28. The van der Waals surface area contributed by atoms with Crippen molar-refractivity contribution in [2.45, 2.75) is 26.2 Å². The van der Waals surface area contributed by atoms with Gasteiger partial charge in [0.05, 0.1) is 0 Å². The van der Waals surface area contributed by atoms with E-state index >= 15 is 0 Å². The first-order valence-electron chi connectivity index (χ1n) is 10.1. The molecule has 158 valence electrons. The van der Waals surface area contributed by atoms with Crippen LogP contribution in [-0.2, 0) is 17.6 Å². The molecule has 1 aromatic heterocycles. The summed E-state index contributed by atoms with van der Waals surface area (Å²) in [5.41, 5.74) is 2.63. The first-order valence-corrected chi connectivity index (χ1v) is 11.0. The summed E-state index contributed by atoms with van der Waals surface area (Å²) < 4.78 is 0. The number of nitrogens with zero attached hydrogens (tertiary/aromatic N) is 2. The van der Waals surface area contributed by atoms with Gasteiger partial charge in [-0.2, -0.15) is 11.3 Å². The molecule has 3 rings (SSSR count). The predicted octanol–water partition coefficient (Wildman–Crippen LogP) is 3.55. The number of benzene rings is 1. The zero-order valence-corrected chi connectivity index (χ0v) is 20.1. The van der Waals surface area contributed by atoms with Gasteiger partial charge in [-0.1, -0.05) is 30.3 Å². The van der Waals surface area contributed by atoms with E-state index in [9.17, 15) is 4.79 Å². The number of carbonyl (C=O) groups excluding carboxylic acids is 1. The van der Waals surface area contributed by atoms with Gasteiger partial charge in [-0.25, -0.2) is 0 Å². The molecule has 2 N–H and O–H groups in total. The van der Waals surface area contributed by atoms with E-state index in [4.69, 9.17) is 4.99 Å². The lowest BCUT2D eigenvalue weighted by Gasteiger charge is -2.16. The van der Waals surface area contributed by atoms with Crippen LogP contribution in [0, 0.1) is 5.92 Å². The Labute approximate surface area is 195 Å². The number of rotatable bonds is 9. The Balaban J connectivity index is 0.00000300. The molecule has 5 nitrogen and oxygen atoms in total. The Morgan fingerprint density at radius 2 is 2.00 bits per heavy atom. The summed E-state index contributed by atoms with van der Waals surface area (Å²) in [5, 5.41) is 11.0. The van der Waals surface area contributed by atoms with Crippen LogP contribution >= 0.6 is 35.3 Å². The highest BCUT2D eigenvalue weighted by Crippen LogP contribution is 2.18. The molecule has 7 heteroatoms. The summed E-state index contributed by atoms with van der Waals surface area (Å²) in [6, 6.07) is 12.5. The summed E-state index contributed by atoms with van der Waals surface area (Å²) in [7, 11) is 0. The summed E-state index contributed by atoms with van der Waals surface area (Å²) in [6.07, 6.45) is 2.50. The van der Waals surface area contributed by atoms with Crippen molar-refractivity contribution in [3.05, 3.63) is 58.3 Å². The molecule has 2 aromatic rings. The molecular weight excluding hydrogens is 495 g/mol. The van der Waals surface area contributed by atoms with Crippen LogP contribution in [0.1, 0.15) is 24.5 Å². The van der Waals surface area contributed by atoms with Crippen LogP contribution in [0.15, 0.2) is 52.2 Å². The highest BCUT2D eigenvalue weighted by atomic mass is 127. The lowest BCUT2D eigenvalue weighted by Crippen LogP contribution is -2.38. The summed E-state index contributed by atoms with van der Waals surface area (Å²) in [4.78, 5) is 19.0. The van der Waals surface area contributed by atoms with Gasteiger partial charge in [0.2, 0.25) is 5.91 Å². The molecule has 0 bridgehead atoms. The quantitative estimate of drug-likeness (QED) is 0.299. The Morgan fingerprint density at radius 3 is 2.72 bits per heavy atom. The fraction of sp³-hybridized carbons (Fsp3) is 0.455. The molecule has 0 aliphatic carbocycles. The van der Waals surface area contributed by atoms with Crippen molar-refractivity contribution in [2.75, 3.05) is 32.7 Å². The van der Waals surface area contributed by atoms with E-state index in [0.717, 1.165) is 45.0 Å². The van der Waals surface area contributed by atoms with Gasteiger partial charge in [0.25, 0.3) is 0 Å². The first kappa shape index (κ1) is 23.7. The van der Waals surface area contributed by atoms with Crippen molar-refractivity contribution in [3.8, 4) is 0 Å². The second-order valence-corrected chi connectivity index (χ2v) is 7.95. The van der Waals surface area contributed by atoms with Crippen molar-refractivity contribution in [3.63, 3.8) is 0 Å². The first-order chi connectivity index (χ1) is 13.7. The average Bonchev–Trinajstić information content (AvgIpc) is 3.35. The van der Waals surface area contributed by atoms with Crippen LogP contribution in [-0.4, -0.2) is 49.5 Å². The van der Waals surface area contributed by atoms with Crippen LogP contribution in [0.5, 0.6) is 0 Å². The molecule has 1 aliphatic rings. The molecule has 0 spiro atoms. The zero-order chi connectivity index (χ0) is 19.6. The molecule has 1 saturated heterocycles. The number of likely N-dealkylation sites (tertiary alicyclic amines) is 1.